The van der Waals surface area contributed by atoms with Crippen LogP contribution in [0.2, 0.25) is 0 Å². The van der Waals surface area contributed by atoms with E-state index in [1.807, 2.05) is 41.6 Å². The molecule has 0 N–H and O–H groups in total. The summed E-state index contributed by atoms with van der Waals surface area (Å²) in [6.07, 6.45) is 1.91. The quantitative estimate of drug-likeness (QED) is 0.717. The molecule has 0 saturated carbocycles. The second-order valence-electron chi connectivity index (χ2n) is 6.68. The molecule has 1 aromatic carbocycles. The highest BCUT2D eigenvalue weighted by Gasteiger charge is 2.28. The Balaban J connectivity index is 1.57. The van der Waals surface area contributed by atoms with Gasteiger partial charge in [0.05, 0.1) is 11.0 Å². The number of fused-ring (bicyclic) bond motifs is 1. The van der Waals surface area contributed by atoms with E-state index in [1.165, 1.54) is 0 Å². The van der Waals surface area contributed by atoms with Crippen molar-refractivity contribution in [3.63, 3.8) is 0 Å². The predicted molar refractivity (Wildman–Crippen MR) is 92.4 cm³/mol. The Hall–Kier alpha value is -2.70. The molecule has 3 aromatic rings. The van der Waals surface area contributed by atoms with Crippen LogP contribution in [0.3, 0.4) is 0 Å². The molecule has 0 aliphatic carbocycles. The fourth-order valence-corrected chi connectivity index (χ4v) is 3.49. The van der Waals surface area contributed by atoms with Crippen LogP contribution in [-0.4, -0.2) is 43.6 Å². The predicted octanol–water partition coefficient (Wildman–Crippen LogP) is 2.59. The molecule has 7 heteroatoms. The number of aromatic nitrogens is 4. The van der Waals surface area contributed by atoms with E-state index in [0.29, 0.717) is 23.8 Å². The number of likely N-dealkylation sites (tertiary alicyclic amines) is 1. The van der Waals surface area contributed by atoms with Crippen LogP contribution in [0.25, 0.3) is 11.0 Å². The minimum Gasteiger partial charge on any atom is -0.340 e. The number of piperidine rings is 1. The van der Waals surface area contributed by atoms with Gasteiger partial charge in [0.25, 0.3) is 5.91 Å². The number of amides is 1. The third kappa shape index (κ3) is 2.79. The van der Waals surface area contributed by atoms with Crippen molar-refractivity contribution in [1.82, 2.24) is 24.6 Å². The van der Waals surface area contributed by atoms with Gasteiger partial charge < -0.3 is 14.0 Å². The van der Waals surface area contributed by atoms with Crippen LogP contribution in [0, 0.1) is 13.8 Å². The lowest BCUT2D eigenvalue weighted by molar-refractivity contribution is 0.0703. The number of aryl methyl sites for hydroxylation is 3. The summed E-state index contributed by atoms with van der Waals surface area (Å²) in [5, 5.41) is 4.02. The zero-order valence-corrected chi connectivity index (χ0v) is 14.7. The van der Waals surface area contributed by atoms with Crippen molar-refractivity contribution < 1.29 is 9.32 Å². The molecule has 1 aliphatic heterocycles. The maximum Gasteiger partial charge on any atom is 0.253 e. The van der Waals surface area contributed by atoms with E-state index in [4.69, 9.17) is 4.52 Å². The molecule has 0 spiro atoms. The Kier molecular flexibility index (Phi) is 3.78. The smallest absolute Gasteiger partial charge is 0.253 e. The van der Waals surface area contributed by atoms with Gasteiger partial charge in [-0.2, -0.15) is 4.98 Å². The Morgan fingerprint density at radius 2 is 2.12 bits per heavy atom. The molecular formula is C18H21N5O2. The molecule has 3 heterocycles. The molecular weight excluding hydrogens is 318 g/mol. The molecule has 2 aromatic heterocycles. The van der Waals surface area contributed by atoms with E-state index >= 15 is 0 Å². The van der Waals surface area contributed by atoms with Gasteiger partial charge in [-0.15, -0.1) is 0 Å². The van der Waals surface area contributed by atoms with Gasteiger partial charge in [0.1, 0.15) is 5.82 Å². The molecule has 0 radical (unpaired) electrons. The molecule has 1 amide bonds. The number of hydrogen-bond acceptors (Lipinski definition) is 5. The molecule has 1 atom stereocenters. The second-order valence-corrected chi connectivity index (χ2v) is 6.68. The third-order valence-corrected chi connectivity index (χ3v) is 4.97. The van der Waals surface area contributed by atoms with Crippen LogP contribution in [0.4, 0.5) is 0 Å². The highest BCUT2D eigenvalue weighted by Crippen LogP contribution is 2.26. The monoisotopic (exact) mass is 339 g/mol. The van der Waals surface area contributed by atoms with Gasteiger partial charge in [-0.25, -0.2) is 4.98 Å². The molecule has 25 heavy (non-hydrogen) atoms. The number of carbonyl (C=O) groups is 1. The minimum atomic E-state index is 0.0372. The molecule has 1 fully saturated rings. The average molecular weight is 339 g/mol. The third-order valence-electron chi connectivity index (χ3n) is 4.97. The van der Waals surface area contributed by atoms with E-state index in [2.05, 4.69) is 15.1 Å². The van der Waals surface area contributed by atoms with Crippen LogP contribution in [-0.2, 0) is 7.05 Å². The standard InChI is InChI=1S/C18H21N5O2/c1-11-19-15-9-13(6-7-16(15)22(11)3)18(24)23-8-4-5-14(10-23)17-20-12(2)25-21-17/h6-7,9,14H,4-5,8,10H2,1-3H3/t14-/m0/s1. The van der Waals surface area contributed by atoms with Crippen LogP contribution in [0.1, 0.15) is 46.7 Å². The number of hydrogen-bond donors (Lipinski definition) is 0. The lowest BCUT2D eigenvalue weighted by atomic mass is 9.96. The lowest BCUT2D eigenvalue weighted by Gasteiger charge is -2.31. The van der Waals surface area contributed by atoms with E-state index in [9.17, 15) is 4.79 Å². The van der Waals surface area contributed by atoms with Gasteiger partial charge in [-0.1, -0.05) is 5.16 Å². The first-order valence-corrected chi connectivity index (χ1v) is 8.55. The largest absolute Gasteiger partial charge is 0.340 e. The summed E-state index contributed by atoms with van der Waals surface area (Å²) in [7, 11) is 1.98. The second kappa shape index (κ2) is 5.98. The molecule has 7 nitrogen and oxygen atoms in total. The van der Waals surface area contributed by atoms with Crippen molar-refractivity contribution in [2.45, 2.75) is 32.6 Å². The fourth-order valence-electron chi connectivity index (χ4n) is 3.49. The first-order valence-electron chi connectivity index (χ1n) is 8.55. The van der Waals surface area contributed by atoms with Crippen LogP contribution in [0.5, 0.6) is 0 Å². The Morgan fingerprint density at radius 3 is 2.88 bits per heavy atom. The maximum atomic E-state index is 12.9. The van der Waals surface area contributed by atoms with Crippen molar-refractivity contribution in [1.29, 1.82) is 0 Å². The first kappa shape index (κ1) is 15.8. The number of carbonyl (C=O) groups excluding carboxylic acids is 1. The average Bonchev–Trinajstić information content (AvgIpc) is 3.18. The molecule has 4 rings (SSSR count). The number of nitrogens with zero attached hydrogens (tertiary/aromatic N) is 5. The zero-order chi connectivity index (χ0) is 17.6. The van der Waals surface area contributed by atoms with Gasteiger partial charge >= 0.3 is 0 Å². The topological polar surface area (TPSA) is 77.1 Å². The zero-order valence-electron chi connectivity index (χ0n) is 14.7. The van der Waals surface area contributed by atoms with Gasteiger partial charge in [-0.05, 0) is 38.0 Å². The van der Waals surface area contributed by atoms with Crippen LogP contribution in [0.15, 0.2) is 22.7 Å². The van der Waals surface area contributed by atoms with E-state index in [0.717, 1.165) is 36.2 Å². The fraction of sp³-hybridized carbons (Fsp3) is 0.444. The lowest BCUT2D eigenvalue weighted by Crippen LogP contribution is -2.39. The van der Waals surface area contributed by atoms with E-state index in [-0.39, 0.29) is 11.8 Å². The molecule has 0 bridgehead atoms. The Bertz CT molecular complexity index is 942. The highest BCUT2D eigenvalue weighted by atomic mass is 16.5. The van der Waals surface area contributed by atoms with Gasteiger partial charge in [0.2, 0.25) is 5.89 Å². The summed E-state index contributed by atoms with van der Waals surface area (Å²) in [6, 6.07) is 5.73. The van der Waals surface area contributed by atoms with Crippen LogP contribution < -0.4 is 0 Å². The normalized spacial score (nSPS) is 18.0. The Morgan fingerprint density at radius 1 is 1.28 bits per heavy atom. The maximum absolute atomic E-state index is 12.9. The van der Waals surface area contributed by atoms with Crippen molar-refractivity contribution in [2.75, 3.05) is 13.1 Å². The summed E-state index contributed by atoms with van der Waals surface area (Å²) >= 11 is 0. The summed E-state index contributed by atoms with van der Waals surface area (Å²) in [4.78, 5) is 23.7. The SMILES string of the molecule is Cc1nc([C@H]2CCCN(C(=O)c3ccc4c(c3)nc(C)n4C)C2)no1. The van der Waals surface area contributed by atoms with E-state index < -0.39 is 0 Å². The molecule has 1 saturated heterocycles. The molecule has 1 aliphatic rings. The van der Waals surface area contributed by atoms with Gasteiger partial charge in [0, 0.05) is 38.5 Å². The van der Waals surface area contributed by atoms with Crippen molar-refractivity contribution >= 4 is 16.9 Å². The number of rotatable bonds is 2. The highest BCUT2D eigenvalue weighted by molar-refractivity contribution is 5.97. The number of imidazole rings is 1. The summed E-state index contributed by atoms with van der Waals surface area (Å²) in [6.45, 7) is 5.12. The summed E-state index contributed by atoms with van der Waals surface area (Å²) < 4.78 is 7.11. The summed E-state index contributed by atoms with van der Waals surface area (Å²) in [5.41, 5.74) is 2.57. The van der Waals surface area contributed by atoms with Gasteiger partial charge in [-0.3, -0.25) is 4.79 Å². The van der Waals surface area contributed by atoms with Gasteiger partial charge in [0.15, 0.2) is 5.82 Å². The van der Waals surface area contributed by atoms with Crippen LogP contribution >= 0.6 is 0 Å². The van der Waals surface area contributed by atoms with Crippen molar-refractivity contribution in [2.24, 2.45) is 7.05 Å². The summed E-state index contributed by atoms with van der Waals surface area (Å²) in [5.74, 6) is 2.37. The van der Waals surface area contributed by atoms with Crippen molar-refractivity contribution in [3.05, 3.63) is 41.3 Å². The Labute approximate surface area is 145 Å². The molecule has 0 unspecified atom stereocenters. The number of benzene rings is 1. The minimum absolute atomic E-state index is 0.0372. The van der Waals surface area contributed by atoms with Crippen molar-refractivity contribution in [3.8, 4) is 0 Å². The first-order chi connectivity index (χ1) is 12.0. The molecule has 130 valence electrons. The van der Waals surface area contributed by atoms with E-state index in [1.54, 1.807) is 6.92 Å².